The van der Waals surface area contributed by atoms with Gasteiger partial charge in [0.1, 0.15) is 0 Å². The average Bonchev–Trinajstić information content (AvgIpc) is 2.48. The van der Waals surface area contributed by atoms with Crippen molar-refractivity contribution in [2.75, 3.05) is 11.9 Å². The maximum Gasteiger partial charge on any atom is 0.234 e. The second kappa shape index (κ2) is 4.23. The number of nitrogens with two attached hydrogens (primary N) is 1. The Morgan fingerprint density at radius 2 is 2.29 bits per heavy atom. The van der Waals surface area contributed by atoms with Crippen molar-refractivity contribution in [3.63, 3.8) is 0 Å². The van der Waals surface area contributed by atoms with E-state index in [1.165, 1.54) is 0 Å². The van der Waals surface area contributed by atoms with Crippen LogP contribution in [0.25, 0.3) is 0 Å². The molecule has 0 aliphatic carbocycles. The van der Waals surface area contributed by atoms with E-state index in [4.69, 9.17) is 10.3 Å². The van der Waals surface area contributed by atoms with Crippen LogP contribution in [0.5, 0.6) is 0 Å². The highest BCUT2D eigenvalue weighted by Gasteiger charge is 2.15. The lowest BCUT2D eigenvalue weighted by molar-refractivity contribution is -0.119. The normalized spacial score (nSPS) is 12.6. The predicted molar refractivity (Wildman–Crippen MR) is 52.8 cm³/mol. The fourth-order valence-corrected chi connectivity index (χ4v) is 0.874. The summed E-state index contributed by atoms with van der Waals surface area (Å²) in [5, 5.41) is 6.37. The molecule has 78 valence electrons. The first kappa shape index (κ1) is 10.7. The molecular weight excluding hydrogens is 182 g/mol. The number of carbonyl (C=O) groups is 1. The summed E-state index contributed by atoms with van der Waals surface area (Å²) in [4.78, 5) is 11.4. The van der Waals surface area contributed by atoms with Gasteiger partial charge in [0.15, 0.2) is 0 Å². The second-order valence-electron chi connectivity index (χ2n) is 3.35. The lowest BCUT2D eigenvalue weighted by Gasteiger charge is -2.07. The Bertz CT molecular complexity index is 333. The summed E-state index contributed by atoms with van der Waals surface area (Å²) in [6, 6.07) is 0. The van der Waals surface area contributed by atoms with Crippen molar-refractivity contribution >= 4 is 11.8 Å². The maximum absolute atomic E-state index is 11.4. The summed E-state index contributed by atoms with van der Waals surface area (Å²) in [5.41, 5.74) is 6.99. The van der Waals surface area contributed by atoms with E-state index in [0.29, 0.717) is 12.4 Å². The first-order valence-electron chi connectivity index (χ1n) is 4.50. The highest BCUT2D eigenvalue weighted by Crippen LogP contribution is 2.17. The topological polar surface area (TPSA) is 81.2 Å². The van der Waals surface area contributed by atoms with Crippen molar-refractivity contribution in [3.8, 4) is 0 Å². The molecule has 0 saturated heterocycles. The molecule has 0 bridgehead atoms. The molecule has 5 nitrogen and oxygen atoms in total. The fourth-order valence-electron chi connectivity index (χ4n) is 0.874. The molecule has 1 atom stereocenters. The van der Waals surface area contributed by atoms with Gasteiger partial charge in [0.25, 0.3) is 0 Å². The molecule has 1 heterocycles. The molecule has 0 saturated carbocycles. The molecule has 1 aromatic heterocycles. The summed E-state index contributed by atoms with van der Waals surface area (Å²) in [5.74, 6) is 0.0411. The molecule has 0 spiro atoms. The lowest BCUT2D eigenvalue weighted by atomic mass is 10.1. The molecule has 1 rings (SSSR count). The summed E-state index contributed by atoms with van der Waals surface area (Å²) >= 11 is 0. The summed E-state index contributed by atoms with van der Waals surface area (Å²) < 4.78 is 4.94. The van der Waals surface area contributed by atoms with Gasteiger partial charge in [0.05, 0.1) is 5.69 Å². The number of hydrogen-bond acceptors (Lipinski definition) is 4. The standard InChI is InChI=1S/C9H15N3O2/c1-5(4-10)8(13)11-9-6(2)7(3)12-14-9/h5H,4,10H2,1-3H3,(H,11,13). The zero-order valence-corrected chi connectivity index (χ0v) is 8.63. The quantitative estimate of drug-likeness (QED) is 0.751. The molecule has 5 heteroatoms. The number of carbonyl (C=O) groups excluding carboxylic acids is 1. The van der Waals surface area contributed by atoms with Crippen molar-refractivity contribution in [2.45, 2.75) is 20.8 Å². The largest absolute Gasteiger partial charge is 0.338 e. The van der Waals surface area contributed by atoms with Gasteiger partial charge in [-0.1, -0.05) is 12.1 Å². The van der Waals surface area contributed by atoms with E-state index in [9.17, 15) is 4.79 Å². The fraction of sp³-hybridized carbons (Fsp3) is 0.556. The Balaban J connectivity index is 2.70. The summed E-state index contributed by atoms with van der Waals surface area (Å²) in [7, 11) is 0. The molecule has 14 heavy (non-hydrogen) atoms. The van der Waals surface area contributed by atoms with Gasteiger partial charge in [-0.05, 0) is 13.8 Å². The van der Waals surface area contributed by atoms with Crippen LogP contribution in [-0.2, 0) is 4.79 Å². The molecule has 0 radical (unpaired) electrons. The number of aryl methyl sites for hydroxylation is 1. The van der Waals surface area contributed by atoms with Gasteiger partial charge < -0.3 is 10.3 Å². The SMILES string of the molecule is Cc1noc(NC(=O)C(C)CN)c1C. The van der Waals surface area contributed by atoms with Gasteiger partial charge in [-0.25, -0.2) is 0 Å². The van der Waals surface area contributed by atoms with Gasteiger partial charge in [-0.3, -0.25) is 10.1 Å². The molecule has 0 fully saturated rings. The van der Waals surface area contributed by atoms with Gasteiger partial charge in [-0.15, -0.1) is 0 Å². The highest BCUT2D eigenvalue weighted by atomic mass is 16.5. The molecule has 0 aliphatic heterocycles. The van der Waals surface area contributed by atoms with E-state index in [1.54, 1.807) is 6.92 Å². The van der Waals surface area contributed by atoms with Crippen LogP contribution in [0.3, 0.4) is 0 Å². The zero-order chi connectivity index (χ0) is 10.7. The number of anilines is 1. The third-order valence-electron chi connectivity index (χ3n) is 2.20. The van der Waals surface area contributed by atoms with Crippen LogP contribution in [0, 0.1) is 19.8 Å². The number of amides is 1. The molecule has 0 aliphatic rings. The number of hydrogen-bond donors (Lipinski definition) is 2. The van der Waals surface area contributed by atoms with Gasteiger partial charge in [0, 0.05) is 18.0 Å². The molecule has 1 amide bonds. The average molecular weight is 197 g/mol. The van der Waals surface area contributed by atoms with E-state index >= 15 is 0 Å². The minimum Gasteiger partial charge on any atom is -0.338 e. The van der Waals surface area contributed by atoms with Gasteiger partial charge in [-0.2, -0.15) is 0 Å². The van der Waals surface area contributed by atoms with Crippen LogP contribution in [-0.4, -0.2) is 17.6 Å². The monoisotopic (exact) mass is 197 g/mol. The van der Waals surface area contributed by atoms with Crippen LogP contribution in [0.15, 0.2) is 4.52 Å². The molecule has 0 aromatic carbocycles. The van der Waals surface area contributed by atoms with E-state index < -0.39 is 0 Å². The van der Waals surface area contributed by atoms with Crippen LogP contribution in [0.2, 0.25) is 0 Å². The van der Waals surface area contributed by atoms with Crippen LogP contribution < -0.4 is 11.1 Å². The van der Waals surface area contributed by atoms with Crippen LogP contribution >= 0.6 is 0 Å². The van der Waals surface area contributed by atoms with E-state index in [0.717, 1.165) is 11.3 Å². The number of nitrogens with one attached hydrogen (secondary N) is 1. The van der Waals surface area contributed by atoms with E-state index in [1.807, 2.05) is 13.8 Å². The highest BCUT2D eigenvalue weighted by molar-refractivity contribution is 5.91. The summed E-state index contributed by atoms with van der Waals surface area (Å²) in [6.45, 7) is 5.74. The minimum atomic E-state index is -0.222. The smallest absolute Gasteiger partial charge is 0.234 e. The van der Waals surface area contributed by atoms with Crippen molar-refractivity contribution in [3.05, 3.63) is 11.3 Å². The Morgan fingerprint density at radius 1 is 1.64 bits per heavy atom. The third kappa shape index (κ3) is 2.11. The van der Waals surface area contributed by atoms with Crippen molar-refractivity contribution in [1.29, 1.82) is 0 Å². The van der Waals surface area contributed by atoms with Crippen molar-refractivity contribution < 1.29 is 9.32 Å². The zero-order valence-electron chi connectivity index (χ0n) is 8.63. The number of nitrogens with zero attached hydrogens (tertiary/aromatic N) is 1. The third-order valence-corrected chi connectivity index (χ3v) is 2.20. The first-order chi connectivity index (χ1) is 6.56. The molecular formula is C9H15N3O2. The number of aromatic nitrogens is 1. The van der Waals surface area contributed by atoms with Gasteiger partial charge >= 0.3 is 0 Å². The Labute approximate surface area is 82.6 Å². The van der Waals surface area contributed by atoms with Crippen LogP contribution in [0.4, 0.5) is 5.88 Å². The minimum absolute atomic E-state index is 0.147. The molecule has 1 aromatic rings. The first-order valence-corrected chi connectivity index (χ1v) is 4.50. The Hall–Kier alpha value is -1.36. The lowest BCUT2D eigenvalue weighted by Crippen LogP contribution is -2.26. The van der Waals surface area contributed by atoms with Crippen molar-refractivity contribution in [2.24, 2.45) is 11.7 Å². The maximum atomic E-state index is 11.4. The summed E-state index contributed by atoms with van der Waals surface area (Å²) in [6.07, 6.45) is 0. The van der Waals surface area contributed by atoms with E-state index in [-0.39, 0.29) is 11.8 Å². The molecule has 1 unspecified atom stereocenters. The van der Waals surface area contributed by atoms with Crippen LogP contribution in [0.1, 0.15) is 18.2 Å². The second-order valence-corrected chi connectivity index (χ2v) is 3.35. The Morgan fingerprint density at radius 3 is 2.71 bits per heavy atom. The Kier molecular flexibility index (Phi) is 3.24. The van der Waals surface area contributed by atoms with Crippen molar-refractivity contribution in [1.82, 2.24) is 5.16 Å². The molecule has 3 N–H and O–H groups in total. The number of rotatable bonds is 3. The predicted octanol–water partition coefficient (Wildman–Crippen LogP) is 0.825. The van der Waals surface area contributed by atoms with Gasteiger partial charge in [0.2, 0.25) is 11.8 Å². The van der Waals surface area contributed by atoms with E-state index in [2.05, 4.69) is 10.5 Å².